The van der Waals surface area contributed by atoms with Crippen LogP contribution in [-0.2, 0) is 17.8 Å². The summed E-state index contributed by atoms with van der Waals surface area (Å²) in [6, 6.07) is 11.4. The number of hydrogen-bond acceptors (Lipinski definition) is 3. The molecule has 2 rings (SSSR count). The minimum absolute atomic E-state index is 0.0731. The van der Waals surface area contributed by atoms with Crippen LogP contribution in [0.4, 0.5) is 0 Å². The van der Waals surface area contributed by atoms with Crippen molar-refractivity contribution < 1.29 is 9.53 Å². The number of methoxy groups -OCH3 is 1. The largest absolute Gasteiger partial charge is 0.496 e. The summed E-state index contributed by atoms with van der Waals surface area (Å²) in [7, 11) is 3.48. The number of benzene rings is 2. The monoisotopic (exact) mass is 411 g/mol. The van der Waals surface area contributed by atoms with E-state index in [1.807, 2.05) is 44.5 Å². The Morgan fingerprint density at radius 2 is 1.96 bits per heavy atom. The first kappa shape index (κ1) is 20.9. The van der Waals surface area contributed by atoms with Gasteiger partial charge in [0, 0.05) is 34.5 Å². The Labute approximate surface area is 169 Å². The number of nitrogens with zero attached hydrogens (tertiary/aromatic N) is 1. The SMILES string of the molecule is COc1cc(CN(C)C(=O)C(C)Cc2ccc(Cl)cc2Cl)ccc1SC. The molecule has 0 spiro atoms. The summed E-state index contributed by atoms with van der Waals surface area (Å²) in [5.41, 5.74) is 1.96. The average Bonchev–Trinajstić information content (AvgIpc) is 2.63. The van der Waals surface area contributed by atoms with E-state index in [9.17, 15) is 4.79 Å². The standard InChI is InChI=1S/C20H23Cl2NO2S/c1-13(9-15-6-7-16(21)11-17(15)22)20(24)23(2)12-14-5-8-19(26-4)18(10-14)25-3/h5-8,10-11,13H,9,12H2,1-4H3. The molecule has 0 aromatic heterocycles. The first-order chi connectivity index (χ1) is 12.3. The lowest BCUT2D eigenvalue weighted by molar-refractivity contribution is -0.134. The number of halogens is 2. The van der Waals surface area contributed by atoms with Gasteiger partial charge in [-0.1, -0.05) is 42.3 Å². The molecule has 2 aromatic carbocycles. The topological polar surface area (TPSA) is 29.5 Å². The summed E-state index contributed by atoms with van der Waals surface area (Å²) in [4.78, 5) is 15.5. The van der Waals surface area contributed by atoms with E-state index in [1.165, 1.54) is 0 Å². The van der Waals surface area contributed by atoms with Gasteiger partial charge in [0.2, 0.25) is 5.91 Å². The molecule has 6 heteroatoms. The smallest absolute Gasteiger partial charge is 0.225 e. The normalized spacial score (nSPS) is 11.9. The van der Waals surface area contributed by atoms with Gasteiger partial charge in [-0.05, 0) is 48.1 Å². The molecule has 26 heavy (non-hydrogen) atoms. The van der Waals surface area contributed by atoms with Gasteiger partial charge in [0.1, 0.15) is 5.75 Å². The quantitative estimate of drug-likeness (QED) is 0.558. The van der Waals surface area contributed by atoms with Crippen molar-refractivity contribution in [3.8, 4) is 5.75 Å². The van der Waals surface area contributed by atoms with Gasteiger partial charge in [-0.2, -0.15) is 0 Å². The number of rotatable bonds is 7. The first-order valence-corrected chi connectivity index (χ1v) is 10.2. The number of hydrogen-bond donors (Lipinski definition) is 0. The number of carbonyl (C=O) groups excluding carboxylic acids is 1. The summed E-state index contributed by atoms with van der Waals surface area (Å²) in [5.74, 6) is 0.729. The zero-order valence-electron chi connectivity index (χ0n) is 15.4. The summed E-state index contributed by atoms with van der Waals surface area (Å²) in [5, 5.41) is 1.19. The highest BCUT2D eigenvalue weighted by Gasteiger charge is 2.19. The summed E-state index contributed by atoms with van der Waals surface area (Å²) < 4.78 is 5.42. The van der Waals surface area contributed by atoms with Gasteiger partial charge in [-0.15, -0.1) is 11.8 Å². The second-order valence-corrected chi connectivity index (χ2v) is 7.92. The molecule has 0 heterocycles. The Morgan fingerprint density at radius 3 is 2.58 bits per heavy atom. The van der Waals surface area contributed by atoms with Crippen LogP contribution in [-0.4, -0.2) is 31.2 Å². The maximum absolute atomic E-state index is 12.7. The minimum atomic E-state index is -0.175. The number of amides is 1. The zero-order chi connectivity index (χ0) is 19.3. The molecule has 2 aromatic rings. The van der Waals surface area contributed by atoms with Crippen LogP contribution in [0, 0.1) is 5.92 Å². The predicted octanol–water partition coefficient (Wildman–Crippen LogP) is 5.56. The lowest BCUT2D eigenvalue weighted by Crippen LogP contribution is -2.32. The summed E-state index contributed by atoms with van der Waals surface area (Å²) >= 11 is 13.8. The van der Waals surface area contributed by atoms with Gasteiger partial charge in [-0.25, -0.2) is 0 Å². The third-order valence-electron chi connectivity index (χ3n) is 4.21. The summed E-state index contributed by atoms with van der Waals surface area (Å²) in [6.45, 7) is 2.45. The Hall–Kier alpha value is -1.36. The molecule has 0 fully saturated rings. The van der Waals surface area contributed by atoms with Crippen LogP contribution < -0.4 is 4.74 Å². The average molecular weight is 412 g/mol. The van der Waals surface area contributed by atoms with E-state index in [1.54, 1.807) is 35.9 Å². The molecule has 0 bridgehead atoms. The van der Waals surface area contributed by atoms with Crippen LogP contribution in [0.2, 0.25) is 10.0 Å². The van der Waals surface area contributed by atoms with Crippen molar-refractivity contribution in [2.45, 2.75) is 24.8 Å². The molecule has 3 nitrogen and oxygen atoms in total. The maximum Gasteiger partial charge on any atom is 0.225 e. The third kappa shape index (κ3) is 5.32. The molecule has 1 atom stereocenters. The molecule has 0 aliphatic heterocycles. The van der Waals surface area contributed by atoms with E-state index in [4.69, 9.17) is 27.9 Å². The molecular weight excluding hydrogens is 389 g/mol. The highest BCUT2D eigenvalue weighted by molar-refractivity contribution is 7.98. The van der Waals surface area contributed by atoms with E-state index in [-0.39, 0.29) is 11.8 Å². The van der Waals surface area contributed by atoms with Gasteiger partial charge < -0.3 is 9.64 Å². The van der Waals surface area contributed by atoms with Crippen molar-refractivity contribution in [1.29, 1.82) is 0 Å². The lowest BCUT2D eigenvalue weighted by Gasteiger charge is -2.22. The van der Waals surface area contributed by atoms with Crippen LogP contribution in [0.3, 0.4) is 0 Å². The van der Waals surface area contributed by atoms with E-state index < -0.39 is 0 Å². The number of ether oxygens (including phenoxy) is 1. The fourth-order valence-electron chi connectivity index (χ4n) is 2.81. The molecular formula is C20H23Cl2NO2S. The fraction of sp³-hybridized carbons (Fsp3) is 0.350. The van der Waals surface area contributed by atoms with Crippen molar-refractivity contribution in [1.82, 2.24) is 4.90 Å². The highest BCUT2D eigenvalue weighted by Crippen LogP contribution is 2.29. The molecule has 1 unspecified atom stereocenters. The first-order valence-electron chi connectivity index (χ1n) is 8.25. The highest BCUT2D eigenvalue weighted by atomic mass is 35.5. The predicted molar refractivity (Wildman–Crippen MR) is 111 cm³/mol. The van der Waals surface area contributed by atoms with E-state index >= 15 is 0 Å². The molecule has 1 amide bonds. The van der Waals surface area contributed by atoms with Gasteiger partial charge in [0.15, 0.2) is 0 Å². The van der Waals surface area contributed by atoms with Gasteiger partial charge in [-0.3, -0.25) is 4.79 Å². The molecule has 0 aliphatic carbocycles. The van der Waals surface area contributed by atoms with Gasteiger partial charge in [0.25, 0.3) is 0 Å². The van der Waals surface area contributed by atoms with Crippen LogP contribution in [0.15, 0.2) is 41.3 Å². The lowest BCUT2D eigenvalue weighted by atomic mass is 9.99. The summed E-state index contributed by atoms with van der Waals surface area (Å²) in [6.07, 6.45) is 2.59. The van der Waals surface area contributed by atoms with Crippen LogP contribution in [0.1, 0.15) is 18.1 Å². The van der Waals surface area contributed by atoms with Crippen molar-refractivity contribution in [2.75, 3.05) is 20.4 Å². The van der Waals surface area contributed by atoms with Crippen molar-refractivity contribution in [3.63, 3.8) is 0 Å². The van der Waals surface area contributed by atoms with Crippen molar-refractivity contribution in [2.24, 2.45) is 5.92 Å². The van der Waals surface area contributed by atoms with Crippen molar-refractivity contribution in [3.05, 3.63) is 57.6 Å². The van der Waals surface area contributed by atoms with Crippen LogP contribution in [0.5, 0.6) is 5.75 Å². The molecule has 0 N–H and O–H groups in total. The third-order valence-corrected chi connectivity index (χ3v) is 5.57. The zero-order valence-corrected chi connectivity index (χ0v) is 17.7. The fourth-order valence-corrected chi connectivity index (χ4v) is 3.84. The number of thioether (sulfide) groups is 1. The molecule has 140 valence electrons. The second kappa shape index (κ2) is 9.54. The Balaban J connectivity index is 2.04. The molecule has 0 saturated heterocycles. The number of carbonyl (C=O) groups is 1. The minimum Gasteiger partial charge on any atom is -0.496 e. The molecule has 0 saturated carbocycles. The molecule has 0 aliphatic rings. The maximum atomic E-state index is 12.7. The second-order valence-electron chi connectivity index (χ2n) is 6.22. The van der Waals surface area contributed by atoms with Gasteiger partial charge >= 0.3 is 0 Å². The molecule has 0 radical (unpaired) electrons. The van der Waals surface area contributed by atoms with E-state index in [0.29, 0.717) is 23.0 Å². The Bertz CT molecular complexity index is 782. The van der Waals surface area contributed by atoms with Crippen LogP contribution in [0.25, 0.3) is 0 Å². The van der Waals surface area contributed by atoms with Gasteiger partial charge in [0.05, 0.1) is 7.11 Å². The van der Waals surface area contributed by atoms with E-state index in [2.05, 4.69) is 0 Å². The Kier molecular flexibility index (Phi) is 7.69. The Morgan fingerprint density at radius 1 is 1.23 bits per heavy atom. The van der Waals surface area contributed by atoms with E-state index in [0.717, 1.165) is 21.8 Å². The van der Waals surface area contributed by atoms with Crippen LogP contribution >= 0.6 is 35.0 Å². The van der Waals surface area contributed by atoms with Crippen molar-refractivity contribution >= 4 is 40.9 Å².